The molecule has 0 aliphatic carbocycles. The minimum Gasteiger partial charge on any atom is -0.494 e. The number of nitro groups is 1. The van der Waals surface area contributed by atoms with E-state index in [1.165, 1.54) is 25.6 Å². The molecule has 1 aliphatic heterocycles. The summed E-state index contributed by atoms with van der Waals surface area (Å²) in [5.74, 6) is 1.17. The molecule has 2 aromatic heterocycles. The number of hydrogen-bond donors (Lipinski definition) is 1. The molecule has 1 aliphatic rings. The first-order chi connectivity index (χ1) is 17.1. The van der Waals surface area contributed by atoms with Crippen LogP contribution in [0.1, 0.15) is 25.1 Å². The number of aryl methyl sites for hydroxylation is 1. The summed E-state index contributed by atoms with van der Waals surface area (Å²) in [5, 5.41) is 14.8. The van der Waals surface area contributed by atoms with Crippen molar-refractivity contribution in [2.24, 2.45) is 0 Å². The SMILES string of the molecule is COc1cc(OCCN(C)C)c([N+](=O)[O-])cc1Nc1ncnc(N2CC(C)(C)c3cnc(C)cc32)n1. The highest BCUT2D eigenvalue weighted by atomic mass is 16.6. The van der Waals surface area contributed by atoms with Gasteiger partial charge in [0.2, 0.25) is 17.6 Å². The second-order valence-corrected chi connectivity index (χ2v) is 9.48. The van der Waals surface area contributed by atoms with E-state index in [2.05, 4.69) is 39.1 Å². The van der Waals surface area contributed by atoms with E-state index in [0.717, 1.165) is 16.9 Å². The van der Waals surface area contributed by atoms with E-state index in [0.29, 0.717) is 37.1 Å². The predicted molar refractivity (Wildman–Crippen MR) is 136 cm³/mol. The number of likely N-dealkylation sites (N-methyl/N-ethyl adjacent to an activating group) is 1. The number of nitrogens with zero attached hydrogens (tertiary/aromatic N) is 7. The minimum absolute atomic E-state index is 0.125. The quantitative estimate of drug-likeness (QED) is 0.345. The van der Waals surface area contributed by atoms with Crippen molar-refractivity contribution in [3.05, 3.63) is 52.1 Å². The molecule has 0 amide bonds. The lowest BCUT2D eigenvalue weighted by Crippen LogP contribution is -2.26. The van der Waals surface area contributed by atoms with Gasteiger partial charge >= 0.3 is 5.69 Å². The Hall–Kier alpha value is -4.06. The van der Waals surface area contributed by atoms with E-state index in [9.17, 15) is 10.1 Å². The van der Waals surface area contributed by atoms with E-state index < -0.39 is 4.92 Å². The number of aromatic nitrogens is 4. The molecular formula is C24H30N8O4. The number of benzene rings is 1. The van der Waals surface area contributed by atoms with E-state index in [1.54, 1.807) is 0 Å². The number of nitro benzene ring substituents is 1. The lowest BCUT2D eigenvalue weighted by Gasteiger charge is -2.21. The number of methoxy groups -OCH3 is 1. The van der Waals surface area contributed by atoms with Crippen LogP contribution in [0.4, 0.5) is 29.0 Å². The zero-order valence-electron chi connectivity index (χ0n) is 21.3. The van der Waals surface area contributed by atoms with Gasteiger partial charge in [-0.3, -0.25) is 15.1 Å². The molecule has 0 bridgehead atoms. The molecule has 0 unspecified atom stereocenters. The smallest absolute Gasteiger partial charge is 0.313 e. The van der Waals surface area contributed by atoms with Crippen LogP contribution in [0, 0.1) is 17.0 Å². The number of pyridine rings is 1. The first-order valence-electron chi connectivity index (χ1n) is 11.4. The average Bonchev–Trinajstić information content (AvgIpc) is 3.09. The van der Waals surface area contributed by atoms with Crippen molar-refractivity contribution in [3.8, 4) is 11.5 Å². The van der Waals surface area contributed by atoms with E-state index in [4.69, 9.17) is 9.47 Å². The van der Waals surface area contributed by atoms with Gasteiger partial charge < -0.3 is 24.6 Å². The van der Waals surface area contributed by atoms with Gasteiger partial charge in [0, 0.05) is 48.1 Å². The monoisotopic (exact) mass is 494 g/mol. The van der Waals surface area contributed by atoms with Crippen LogP contribution in [0.2, 0.25) is 0 Å². The summed E-state index contributed by atoms with van der Waals surface area (Å²) in [4.78, 5) is 32.9. The lowest BCUT2D eigenvalue weighted by atomic mass is 9.88. The number of fused-ring (bicyclic) bond motifs is 1. The Bertz CT molecular complexity index is 1280. The van der Waals surface area contributed by atoms with E-state index >= 15 is 0 Å². The van der Waals surface area contributed by atoms with Crippen molar-refractivity contribution < 1.29 is 14.4 Å². The number of ether oxygens (including phenoxy) is 2. The van der Waals surface area contributed by atoms with Crippen molar-refractivity contribution >= 4 is 29.0 Å². The maximum Gasteiger partial charge on any atom is 0.313 e. The fourth-order valence-electron chi connectivity index (χ4n) is 4.05. The van der Waals surface area contributed by atoms with Crippen LogP contribution in [-0.2, 0) is 5.41 Å². The standard InChI is InChI=1S/C24H30N8O4/c1-15-9-18-16(12-25-15)24(2,3)13-31(18)23-27-14-26-22(29-23)28-17-10-19(32(33)34)21(11-20(17)35-6)36-8-7-30(4)5/h9-12,14H,7-8,13H2,1-6H3,(H,26,27,28,29). The second kappa shape index (κ2) is 9.90. The van der Waals surface area contributed by atoms with Crippen molar-refractivity contribution in [3.63, 3.8) is 0 Å². The van der Waals surface area contributed by atoms with Gasteiger partial charge in [0.25, 0.3) is 0 Å². The normalized spacial score (nSPS) is 14.0. The fraction of sp³-hybridized carbons (Fsp3) is 0.417. The molecular weight excluding hydrogens is 464 g/mol. The summed E-state index contributed by atoms with van der Waals surface area (Å²) in [6.07, 6.45) is 3.31. The van der Waals surface area contributed by atoms with Gasteiger partial charge in [0.15, 0.2) is 0 Å². The van der Waals surface area contributed by atoms with Crippen LogP contribution in [0.5, 0.6) is 11.5 Å². The summed E-state index contributed by atoms with van der Waals surface area (Å²) in [6.45, 7) is 7.81. The predicted octanol–water partition coefficient (Wildman–Crippen LogP) is 3.61. The summed E-state index contributed by atoms with van der Waals surface area (Å²) < 4.78 is 11.1. The van der Waals surface area contributed by atoms with Gasteiger partial charge in [-0.1, -0.05) is 13.8 Å². The number of nitrogens with one attached hydrogen (secondary N) is 1. The van der Waals surface area contributed by atoms with E-state index in [-0.39, 0.29) is 22.8 Å². The average molecular weight is 495 g/mol. The zero-order chi connectivity index (χ0) is 26.0. The van der Waals surface area contributed by atoms with Crippen LogP contribution in [0.15, 0.2) is 30.7 Å². The Kier molecular flexibility index (Phi) is 6.88. The largest absolute Gasteiger partial charge is 0.494 e. The summed E-state index contributed by atoms with van der Waals surface area (Å²) in [5.41, 5.74) is 3.02. The molecule has 4 rings (SSSR count). The van der Waals surface area contributed by atoms with Crippen LogP contribution in [0.25, 0.3) is 0 Å². The highest BCUT2D eigenvalue weighted by Crippen LogP contribution is 2.43. The van der Waals surface area contributed by atoms with Crippen LogP contribution in [-0.4, -0.2) is 70.7 Å². The topological polar surface area (TPSA) is 132 Å². The van der Waals surface area contributed by atoms with Crippen LogP contribution < -0.4 is 19.7 Å². The van der Waals surface area contributed by atoms with Gasteiger partial charge in [-0.2, -0.15) is 4.98 Å². The first-order valence-corrected chi connectivity index (χ1v) is 11.4. The summed E-state index contributed by atoms with van der Waals surface area (Å²) in [6, 6.07) is 4.87. The molecule has 3 aromatic rings. The molecule has 0 radical (unpaired) electrons. The Morgan fingerprint density at radius 2 is 1.97 bits per heavy atom. The second-order valence-electron chi connectivity index (χ2n) is 9.48. The van der Waals surface area contributed by atoms with E-state index in [1.807, 2.05) is 43.1 Å². The van der Waals surface area contributed by atoms with Gasteiger partial charge in [-0.05, 0) is 27.1 Å². The molecule has 0 saturated carbocycles. The molecule has 1 N–H and O–H groups in total. The van der Waals surface area contributed by atoms with Crippen molar-refractivity contribution in [2.75, 3.05) is 51.1 Å². The zero-order valence-corrected chi connectivity index (χ0v) is 21.3. The Labute approximate surface area is 209 Å². The maximum atomic E-state index is 11.7. The highest BCUT2D eigenvalue weighted by molar-refractivity contribution is 5.72. The Balaban J connectivity index is 1.64. The highest BCUT2D eigenvalue weighted by Gasteiger charge is 2.37. The van der Waals surface area contributed by atoms with Crippen LogP contribution in [0.3, 0.4) is 0 Å². The molecule has 190 valence electrons. The van der Waals surface area contributed by atoms with Crippen molar-refractivity contribution in [1.29, 1.82) is 0 Å². The van der Waals surface area contributed by atoms with Crippen LogP contribution >= 0.6 is 0 Å². The molecule has 0 spiro atoms. The molecule has 0 atom stereocenters. The summed E-state index contributed by atoms with van der Waals surface area (Å²) >= 11 is 0. The third-order valence-electron chi connectivity index (χ3n) is 5.91. The molecule has 1 aromatic carbocycles. The summed E-state index contributed by atoms with van der Waals surface area (Å²) in [7, 11) is 5.27. The van der Waals surface area contributed by atoms with Crippen molar-refractivity contribution in [1.82, 2.24) is 24.8 Å². The van der Waals surface area contributed by atoms with Gasteiger partial charge in [-0.25, -0.2) is 9.97 Å². The number of rotatable bonds is 9. The van der Waals surface area contributed by atoms with Crippen molar-refractivity contribution in [2.45, 2.75) is 26.2 Å². The maximum absolute atomic E-state index is 11.7. The molecule has 36 heavy (non-hydrogen) atoms. The Morgan fingerprint density at radius 1 is 1.19 bits per heavy atom. The molecule has 3 heterocycles. The van der Waals surface area contributed by atoms with Gasteiger partial charge in [-0.15, -0.1) is 0 Å². The Morgan fingerprint density at radius 3 is 2.67 bits per heavy atom. The number of anilines is 4. The molecule has 12 nitrogen and oxygen atoms in total. The fourth-order valence-corrected chi connectivity index (χ4v) is 4.05. The first kappa shape index (κ1) is 25.0. The molecule has 0 saturated heterocycles. The lowest BCUT2D eigenvalue weighted by molar-refractivity contribution is -0.385. The molecule has 0 fully saturated rings. The number of hydrogen-bond acceptors (Lipinski definition) is 11. The van der Waals surface area contributed by atoms with Gasteiger partial charge in [0.1, 0.15) is 18.7 Å². The van der Waals surface area contributed by atoms with Gasteiger partial charge in [0.05, 0.1) is 23.4 Å². The third kappa shape index (κ3) is 5.13. The third-order valence-corrected chi connectivity index (χ3v) is 5.91. The minimum atomic E-state index is -0.492. The molecule has 12 heteroatoms.